The number of nitrogens with one attached hydrogen (secondary N) is 1. The van der Waals surface area contributed by atoms with Gasteiger partial charge in [0.1, 0.15) is 5.75 Å². The van der Waals surface area contributed by atoms with Crippen LogP contribution in [0, 0.1) is 5.92 Å². The zero-order valence-corrected chi connectivity index (χ0v) is 23.6. The molecule has 1 saturated heterocycles. The van der Waals surface area contributed by atoms with Gasteiger partial charge in [-0.25, -0.2) is 13.2 Å². The molecule has 39 heavy (non-hydrogen) atoms. The van der Waals surface area contributed by atoms with Crippen molar-refractivity contribution in [3.63, 3.8) is 0 Å². The number of amides is 1. The molecule has 2 aromatic rings. The second-order valence-corrected chi connectivity index (χ2v) is 11.9. The monoisotopic (exact) mass is 564 g/mol. The summed E-state index contributed by atoms with van der Waals surface area (Å²) in [4.78, 5) is 11.6. The van der Waals surface area contributed by atoms with E-state index in [1.165, 1.54) is 23.5 Å². The number of carboxylic acid groups (broad SMARTS) is 1. The molecule has 3 N–H and O–H groups in total. The highest BCUT2D eigenvalue weighted by molar-refractivity contribution is 7.89. The molecule has 11 heteroatoms. The van der Waals surface area contributed by atoms with Crippen molar-refractivity contribution in [1.29, 1.82) is 0 Å². The van der Waals surface area contributed by atoms with Gasteiger partial charge in [-0.2, -0.15) is 4.31 Å². The van der Waals surface area contributed by atoms with Crippen molar-refractivity contribution in [2.45, 2.75) is 62.4 Å². The molecule has 0 aliphatic carbocycles. The fraction of sp³-hybridized carbons (Fsp3) is 0.536. The topological polar surface area (TPSA) is 135 Å². The maximum Gasteiger partial charge on any atom is 0.404 e. The van der Waals surface area contributed by atoms with Crippen molar-refractivity contribution < 1.29 is 37.6 Å². The number of rotatable bonds is 15. The van der Waals surface area contributed by atoms with Gasteiger partial charge in [0, 0.05) is 19.5 Å². The first kappa shape index (κ1) is 30.8. The molecule has 216 valence electrons. The Bertz CT molecular complexity index is 1140. The minimum absolute atomic E-state index is 0.0464. The van der Waals surface area contributed by atoms with E-state index < -0.39 is 34.0 Å². The van der Waals surface area contributed by atoms with Gasteiger partial charge in [0.15, 0.2) is 5.79 Å². The van der Waals surface area contributed by atoms with Gasteiger partial charge >= 0.3 is 6.09 Å². The van der Waals surface area contributed by atoms with Crippen LogP contribution in [0.3, 0.4) is 0 Å². The molecule has 0 saturated carbocycles. The fourth-order valence-corrected chi connectivity index (χ4v) is 6.23. The van der Waals surface area contributed by atoms with Crippen molar-refractivity contribution in [2.75, 3.05) is 33.4 Å². The van der Waals surface area contributed by atoms with E-state index in [9.17, 15) is 23.4 Å². The van der Waals surface area contributed by atoms with Crippen molar-refractivity contribution in [3.05, 3.63) is 60.2 Å². The smallest absolute Gasteiger partial charge is 0.404 e. The molecule has 1 amide bonds. The van der Waals surface area contributed by atoms with Crippen molar-refractivity contribution in [2.24, 2.45) is 5.92 Å². The quantitative estimate of drug-likeness (QED) is 0.299. The second kappa shape index (κ2) is 14.1. The Morgan fingerprint density at radius 3 is 2.31 bits per heavy atom. The molecule has 1 fully saturated rings. The lowest BCUT2D eigenvalue weighted by atomic mass is 9.96. The summed E-state index contributed by atoms with van der Waals surface area (Å²) in [5, 5.41) is 23.0. The molecule has 3 atom stereocenters. The van der Waals surface area contributed by atoms with Crippen LogP contribution in [0.4, 0.5) is 4.79 Å². The number of methoxy groups -OCH3 is 1. The number of ether oxygens (including phenoxy) is 3. The maximum absolute atomic E-state index is 13.8. The summed E-state index contributed by atoms with van der Waals surface area (Å²) in [6.07, 6.45) is -0.446. The Labute approximate surface area is 230 Å². The molecular weight excluding hydrogens is 524 g/mol. The molecule has 3 rings (SSSR count). The van der Waals surface area contributed by atoms with Crippen LogP contribution in [0.25, 0.3) is 0 Å². The van der Waals surface area contributed by atoms with Crippen LogP contribution in [0.2, 0.25) is 0 Å². The number of benzene rings is 2. The first-order valence-corrected chi connectivity index (χ1v) is 14.6. The second-order valence-electron chi connectivity index (χ2n) is 9.95. The third-order valence-corrected chi connectivity index (χ3v) is 8.95. The molecule has 1 unspecified atom stereocenters. The lowest BCUT2D eigenvalue weighted by Crippen LogP contribution is -2.51. The number of nitrogens with zero attached hydrogens (tertiary/aromatic N) is 1. The zero-order chi connectivity index (χ0) is 28.5. The molecule has 0 bridgehead atoms. The third kappa shape index (κ3) is 8.91. The van der Waals surface area contributed by atoms with Gasteiger partial charge < -0.3 is 29.7 Å². The maximum atomic E-state index is 13.8. The Morgan fingerprint density at radius 1 is 1.10 bits per heavy atom. The van der Waals surface area contributed by atoms with Crippen molar-refractivity contribution in [3.8, 4) is 5.75 Å². The Morgan fingerprint density at radius 2 is 1.74 bits per heavy atom. The normalized spacial score (nSPS) is 17.5. The molecule has 1 aliphatic rings. The molecule has 0 aromatic heterocycles. The summed E-state index contributed by atoms with van der Waals surface area (Å²) < 4.78 is 45.5. The van der Waals surface area contributed by atoms with E-state index in [1.54, 1.807) is 12.1 Å². The predicted octanol–water partition coefficient (Wildman–Crippen LogP) is 3.50. The first-order valence-electron chi connectivity index (χ1n) is 13.2. The van der Waals surface area contributed by atoms with Gasteiger partial charge in [-0.3, -0.25) is 0 Å². The summed E-state index contributed by atoms with van der Waals surface area (Å²) in [7, 11) is -2.53. The number of aliphatic hydroxyl groups excluding tert-OH is 1. The largest absolute Gasteiger partial charge is 0.497 e. The SMILES string of the molecule is CCC(CCC1(C)OCCO1)CN(C[C@H](O)[C@H](Cc1ccccc1)NC(=O)O)S(=O)(=O)c1ccc(OC)cc1. The number of sulfonamides is 1. The van der Waals surface area contributed by atoms with Gasteiger partial charge in [-0.1, -0.05) is 43.7 Å². The average Bonchev–Trinajstić information content (AvgIpc) is 3.36. The highest BCUT2D eigenvalue weighted by atomic mass is 32.2. The first-order chi connectivity index (χ1) is 18.6. The number of hydrogen-bond donors (Lipinski definition) is 3. The average molecular weight is 565 g/mol. The van der Waals surface area contributed by atoms with Crippen LogP contribution in [-0.2, 0) is 25.9 Å². The van der Waals surface area contributed by atoms with Crippen molar-refractivity contribution >= 4 is 16.1 Å². The van der Waals surface area contributed by atoms with Crippen LogP contribution < -0.4 is 10.1 Å². The van der Waals surface area contributed by atoms with E-state index in [-0.39, 0.29) is 30.3 Å². The summed E-state index contributed by atoms with van der Waals surface area (Å²) in [6.45, 7) is 4.78. The number of hydrogen-bond acceptors (Lipinski definition) is 7. The van der Waals surface area contributed by atoms with Crippen molar-refractivity contribution in [1.82, 2.24) is 9.62 Å². The fourth-order valence-electron chi connectivity index (χ4n) is 4.69. The van der Waals surface area contributed by atoms with Gasteiger partial charge in [0.25, 0.3) is 0 Å². The van der Waals surface area contributed by atoms with E-state index in [4.69, 9.17) is 14.2 Å². The highest BCUT2D eigenvalue weighted by Crippen LogP contribution is 2.29. The lowest BCUT2D eigenvalue weighted by Gasteiger charge is -2.32. The summed E-state index contributed by atoms with van der Waals surface area (Å²) in [6, 6.07) is 14.3. The molecule has 2 aromatic carbocycles. The van der Waals surface area contributed by atoms with Gasteiger partial charge in [-0.05, 0) is 55.5 Å². The summed E-state index contributed by atoms with van der Waals surface area (Å²) in [5.41, 5.74) is 0.816. The van der Waals surface area contributed by atoms with Crippen LogP contribution in [0.15, 0.2) is 59.5 Å². The molecule has 10 nitrogen and oxygen atoms in total. The Balaban J connectivity index is 1.85. The number of aliphatic hydroxyl groups is 1. The van der Waals surface area contributed by atoms with E-state index in [1.807, 2.05) is 44.2 Å². The Kier molecular flexibility index (Phi) is 11.1. The molecule has 1 heterocycles. The van der Waals surface area contributed by atoms with E-state index in [0.717, 1.165) is 5.56 Å². The van der Waals surface area contributed by atoms with Gasteiger partial charge in [0.2, 0.25) is 10.0 Å². The lowest BCUT2D eigenvalue weighted by molar-refractivity contribution is -0.149. The molecule has 1 aliphatic heterocycles. The third-order valence-electron chi connectivity index (χ3n) is 7.10. The van der Waals surface area contributed by atoms with Gasteiger partial charge in [-0.15, -0.1) is 0 Å². The standard InChI is InChI=1S/C28H40N2O8S/c1-4-21(14-15-28(2)37-16-17-38-28)19-30(39(34,35)24-12-10-23(36-3)11-13-24)20-26(31)25(29-27(32)33)18-22-8-6-5-7-9-22/h5-13,21,25-26,29,31H,4,14-20H2,1-3H3,(H,32,33)/t21?,25-,26-/m0/s1. The minimum atomic E-state index is -4.03. The summed E-state index contributed by atoms with van der Waals surface area (Å²) >= 11 is 0. The predicted molar refractivity (Wildman–Crippen MR) is 146 cm³/mol. The van der Waals surface area contributed by atoms with Crippen LogP contribution in [-0.4, -0.2) is 80.4 Å². The highest BCUT2D eigenvalue weighted by Gasteiger charge is 2.35. The molecular formula is C28H40N2O8S. The van der Waals surface area contributed by atoms with Crippen LogP contribution in [0.5, 0.6) is 5.75 Å². The van der Waals surface area contributed by atoms with Crippen LogP contribution >= 0.6 is 0 Å². The van der Waals surface area contributed by atoms with E-state index in [0.29, 0.717) is 38.2 Å². The van der Waals surface area contributed by atoms with Crippen LogP contribution in [0.1, 0.15) is 38.7 Å². The minimum Gasteiger partial charge on any atom is -0.497 e. The summed E-state index contributed by atoms with van der Waals surface area (Å²) in [5.74, 6) is -0.223. The molecule has 0 radical (unpaired) electrons. The van der Waals surface area contributed by atoms with E-state index in [2.05, 4.69) is 5.32 Å². The Hall–Kier alpha value is -2.70. The van der Waals surface area contributed by atoms with Gasteiger partial charge in [0.05, 0.1) is 37.4 Å². The number of carbonyl (C=O) groups is 1. The molecule has 0 spiro atoms. The van der Waals surface area contributed by atoms with E-state index >= 15 is 0 Å². The zero-order valence-electron chi connectivity index (χ0n) is 22.8.